The van der Waals surface area contributed by atoms with E-state index in [0.29, 0.717) is 0 Å². The van der Waals surface area contributed by atoms with Crippen molar-refractivity contribution in [2.24, 2.45) is 82.9 Å². The van der Waals surface area contributed by atoms with E-state index >= 15 is 0 Å². The van der Waals surface area contributed by atoms with Crippen molar-refractivity contribution in [1.29, 1.82) is 0 Å². The fraction of sp³-hybridized carbons (Fsp3) is 0.959. The Labute approximate surface area is 1030 Å². The normalized spacial score (nSPS) is 26.8. The Morgan fingerprint density at radius 1 is 0.260 bits per heavy atom. The SMILES string of the molecule is CC(C)(C)[N-][Si](C)(C)C1CC(CCCCCCOC(C)(C)C)C2CCCCC21.CC(C)(C)[N-][Si](C)(CCCCCCOC(C)(C)C)C1C2CCCCC2C2CCCCC21.CC(C)(C)[N-][Si](C)(CCCCCCOC(C)(C)C)C1CCC2CCCCC21.CC1C(C)C(C)C([Si](C)(CCCCCCOC(C)(C)C)[N-]C(C)(C)C)C1C.CCCCC1CCC([Si](C)(C)[N-]C(C)(C)C)C1.[CH3-].[CH3-].[CH3-].[CH3-].[CH3-].[Cl][Ti][Cl].[Cl][Ti][Cl].[Cl][Ti][Cl].[Cl][Ti][Cl].[Cl][Ti][Cl]. The predicted octanol–water partition coefficient (Wildman–Crippen LogP) is 48.4. The van der Waals surface area contributed by atoms with Crippen molar-refractivity contribution in [3.63, 3.8) is 0 Å². The first-order valence-electron chi connectivity index (χ1n) is 59.0. The summed E-state index contributed by atoms with van der Waals surface area (Å²) in [5.74, 6) is 13.5. The second-order valence-electron chi connectivity index (χ2n) is 57.0. The second kappa shape index (κ2) is 84.3. The van der Waals surface area contributed by atoms with E-state index < -0.39 is 126 Å². The third-order valence-corrected chi connectivity index (χ3v) is 56.0. The maximum atomic E-state index is 5.93. The molecule has 20 atom stereocenters. The van der Waals surface area contributed by atoms with Gasteiger partial charge in [-0.25, -0.2) is 0 Å². The zero-order valence-electron chi connectivity index (χ0n) is 107. The standard InChI is InChI=1S/C28H54NOSi.C25H50NOSi.C24H48NOSi.C24H50NOSi.C15H32NSi.5CH3.10ClH.5Ti/c1-27(2,3)29-31(7,21-15-9-8-14-20-30-28(4,5)6)26-24-18-12-10-16-22(24)23-17-11-13-19-25(23)26;1-24(2,3)26-28(7,8)23-19-20(21-16-12-13-17-22(21)23)15-11-9-10-14-18-27-25(4,5)6;1-23(2,3)25-27(7,19-13-9-8-12-18-26-24(4,5)6)22-17-16-20-14-10-11-15-21(20)22;1-18-19(2)21(4)22(20(18)3)27(11,25-23(5,6)7)17-15-13-12-14-16-26-24(8,9)10;1-7-8-9-13-10-11-14(12-13)17(5,6)16-15(2,3)4;;;;;;;;;;;;;;;;;;;;/h22-26H,8-21H2,1-7H3;20-23H,9-19H2,1-8H3;20-22H,8-19H2,1-7H3;18-22H,12-17H2,1-11H3;13-14H,7-12H2,1-6H3;5*1H3;10*1H;;;;;/q10*-1;;;;;;;;;;;5*+2/p-10. The van der Waals surface area contributed by atoms with Gasteiger partial charge in [0.2, 0.25) is 0 Å². The van der Waals surface area contributed by atoms with E-state index in [0.717, 1.165) is 137 Å². The molecule has 0 aromatic rings. The third-order valence-electron chi connectivity index (χ3n) is 33.7. The molecule has 0 aromatic heterocycles. The van der Waals surface area contributed by atoms with Crippen molar-refractivity contribution < 1.29 is 104 Å². The van der Waals surface area contributed by atoms with E-state index in [9.17, 15) is 0 Å². The Morgan fingerprint density at radius 3 is 0.887 bits per heavy atom. The zero-order chi connectivity index (χ0) is 112. The number of nitrogens with zero attached hydrogens (tertiary/aromatic N) is 5. The molecule has 0 amide bonds. The molecule has 9 aliphatic rings. The molecule has 0 aromatic carbocycles. The first kappa shape index (κ1) is 168. The molecule has 0 bridgehead atoms. The molecular formula is C121H249Cl10N5O4Si5Ti5-10. The first-order chi connectivity index (χ1) is 66.9. The molecule has 0 saturated heterocycles. The summed E-state index contributed by atoms with van der Waals surface area (Å²) in [7, 11) is 41.1. The van der Waals surface area contributed by atoms with Crippen LogP contribution >= 0.6 is 93.0 Å². The van der Waals surface area contributed by atoms with Crippen LogP contribution < -0.4 is 0 Å². The van der Waals surface area contributed by atoms with Gasteiger partial charge in [0.1, 0.15) is 0 Å². The number of hydrogen-bond donors (Lipinski definition) is 0. The summed E-state index contributed by atoms with van der Waals surface area (Å²) in [6.45, 7) is 94.5. The number of ether oxygens (including phenoxy) is 4. The molecule has 9 saturated carbocycles. The zero-order valence-corrected chi connectivity index (χ0v) is 127. The van der Waals surface area contributed by atoms with Crippen LogP contribution in [-0.2, 0) is 104 Å². The predicted molar refractivity (Wildman–Crippen MR) is 683 cm³/mol. The minimum atomic E-state index is -1.67. The fourth-order valence-corrected chi connectivity index (χ4v) is 54.1. The quantitative estimate of drug-likeness (QED) is 0.0345. The molecule has 150 heavy (non-hydrogen) atoms. The average Bonchev–Trinajstić information content (AvgIpc) is 1.58. The van der Waals surface area contributed by atoms with Crippen molar-refractivity contribution >= 4 is 134 Å². The van der Waals surface area contributed by atoms with Crippen LogP contribution in [0.3, 0.4) is 0 Å². The van der Waals surface area contributed by atoms with Gasteiger partial charge >= 0.3 is 178 Å². The summed E-state index contributed by atoms with van der Waals surface area (Å²) in [5.41, 5.74) is 5.34. The summed E-state index contributed by atoms with van der Waals surface area (Å²) >= 11 is -2.78. The Balaban J connectivity index is -0.000000417. The van der Waals surface area contributed by atoms with Crippen molar-refractivity contribution in [1.82, 2.24) is 0 Å². The number of unbranched alkanes of at least 4 members (excludes halogenated alkanes) is 13. The van der Waals surface area contributed by atoms with E-state index in [1.807, 2.05) is 0 Å². The molecule has 0 N–H and O–H groups in total. The van der Waals surface area contributed by atoms with Crippen molar-refractivity contribution in [3.8, 4) is 0 Å². The molecule has 9 nitrogen and oxygen atoms in total. The van der Waals surface area contributed by atoms with E-state index in [1.165, 1.54) is 288 Å². The summed E-state index contributed by atoms with van der Waals surface area (Å²) in [4.78, 5) is 27.6. The van der Waals surface area contributed by atoms with Gasteiger partial charge in [-0.2, -0.15) is 0 Å². The van der Waals surface area contributed by atoms with Crippen molar-refractivity contribution in [3.05, 3.63) is 62.0 Å². The Morgan fingerprint density at radius 2 is 0.547 bits per heavy atom. The van der Waals surface area contributed by atoms with Crippen LogP contribution in [0.15, 0.2) is 0 Å². The number of rotatable bonds is 41. The van der Waals surface area contributed by atoms with Crippen LogP contribution in [0.5, 0.6) is 0 Å². The molecule has 0 spiro atoms. The molecule has 20 unspecified atom stereocenters. The van der Waals surface area contributed by atoms with Crippen LogP contribution in [0.1, 0.15) is 491 Å². The van der Waals surface area contributed by atoms with Gasteiger partial charge in [0.05, 0.1) is 22.4 Å². The summed E-state index contributed by atoms with van der Waals surface area (Å²) < 4.78 is 23.5. The first-order valence-corrected chi connectivity index (χ1v) is 94.7. The van der Waals surface area contributed by atoms with Crippen LogP contribution in [0, 0.1) is 120 Å². The molecule has 9 rings (SSSR count). The fourth-order valence-electron chi connectivity index (χ4n) is 29.2. The molecule has 0 heterocycles. The average molecular weight is 2570 g/mol. The van der Waals surface area contributed by atoms with Gasteiger partial charge in [0.25, 0.3) is 0 Å². The van der Waals surface area contributed by atoms with Crippen molar-refractivity contribution in [2.75, 3.05) is 26.4 Å². The number of fused-ring (bicyclic) bond motifs is 5. The molecule has 29 heteroatoms. The molecule has 0 aliphatic heterocycles. The van der Waals surface area contributed by atoms with Gasteiger partial charge in [-0.1, -0.05) is 496 Å². The van der Waals surface area contributed by atoms with E-state index in [1.54, 1.807) is 0 Å². The van der Waals surface area contributed by atoms with Gasteiger partial charge in [0.15, 0.2) is 0 Å². The molecule has 0 radical (unpaired) electrons. The van der Waals surface area contributed by atoms with Gasteiger partial charge < -0.3 is 81.0 Å². The monoisotopic (exact) mass is 2570 g/mol. The maximum absolute atomic E-state index is 5.93. The summed E-state index contributed by atoms with van der Waals surface area (Å²) in [6.07, 6.45) is 59.7. The molecular weight excluding hydrogens is 2320 g/mol. The van der Waals surface area contributed by atoms with Crippen LogP contribution in [0.4, 0.5) is 0 Å². The second-order valence-corrected chi connectivity index (χ2v) is 90.9. The third kappa shape index (κ3) is 73.4. The van der Waals surface area contributed by atoms with E-state index in [4.69, 9.17) is 137 Å². The molecule has 902 valence electrons. The van der Waals surface area contributed by atoms with Crippen molar-refractivity contribution in [2.45, 2.75) is 633 Å². The van der Waals surface area contributed by atoms with Gasteiger partial charge in [-0.3, -0.25) is 0 Å². The summed E-state index contributed by atoms with van der Waals surface area (Å²) in [6, 6.07) is 4.21. The van der Waals surface area contributed by atoms with Gasteiger partial charge in [-0.15, -0.1) is 27.7 Å². The Bertz CT molecular complexity index is 3160. The minimum absolute atomic E-state index is 0. The van der Waals surface area contributed by atoms with Gasteiger partial charge in [0, 0.05) is 26.4 Å². The Kier molecular flexibility index (Phi) is 94.3. The van der Waals surface area contributed by atoms with E-state index in [-0.39, 0.29) is 87.2 Å². The number of halogens is 10. The topological polar surface area (TPSA) is 107 Å². The number of hydrogen-bond acceptors (Lipinski definition) is 4. The molecule has 9 aliphatic carbocycles. The summed E-state index contributed by atoms with van der Waals surface area (Å²) in [5, 5.41) is 0. The van der Waals surface area contributed by atoms with Crippen LogP contribution in [0.2, 0.25) is 91.7 Å². The molecule has 9 fully saturated rings. The van der Waals surface area contributed by atoms with Crippen LogP contribution in [-0.4, -0.2) is 118 Å². The van der Waals surface area contributed by atoms with Gasteiger partial charge in [-0.05, 0) is 211 Å². The Hall–Kier alpha value is 7.20. The van der Waals surface area contributed by atoms with E-state index in [2.05, 4.69) is 267 Å². The van der Waals surface area contributed by atoms with Crippen LogP contribution in [0.25, 0.3) is 24.9 Å².